The molecule has 10 heteroatoms. The van der Waals surface area contributed by atoms with Gasteiger partial charge in [-0.1, -0.05) is 23.7 Å². The molecule has 0 aromatic heterocycles. The number of carbonyl (C=O) groups is 1. The summed E-state index contributed by atoms with van der Waals surface area (Å²) < 4.78 is 43.7. The van der Waals surface area contributed by atoms with Crippen LogP contribution in [0.3, 0.4) is 0 Å². The Hall–Kier alpha value is -2.91. The Kier molecular flexibility index (Phi) is 4.63. The van der Waals surface area contributed by atoms with Gasteiger partial charge in [0.1, 0.15) is 5.60 Å². The highest BCUT2D eigenvalue weighted by atomic mass is 35.5. The molecule has 0 unspecified atom stereocenters. The second-order valence-corrected chi connectivity index (χ2v) is 9.78. The van der Waals surface area contributed by atoms with Crippen LogP contribution in [0.2, 0.25) is 5.02 Å². The van der Waals surface area contributed by atoms with Crippen LogP contribution < -0.4 is 13.8 Å². The maximum atomic E-state index is 13.5. The Morgan fingerprint density at radius 3 is 2.47 bits per heavy atom. The minimum Gasteiger partial charge on any atom is -0.505 e. The van der Waals surface area contributed by atoms with Gasteiger partial charge >= 0.3 is 5.97 Å². The number of sulfonamides is 1. The molecule has 2 heterocycles. The van der Waals surface area contributed by atoms with E-state index < -0.39 is 33.0 Å². The van der Waals surface area contributed by atoms with Gasteiger partial charge in [-0.3, -0.25) is 0 Å². The third-order valence-electron chi connectivity index (χ3n) is 4.34. The summed E-state index contributed by atoms with van der Waals surface area (Å²) in [5.74, 6) is -0.965. The van der Waals surface area contributed by atoms with Gasteiger partial charge in [0.05, 0.1) is 15.6 Å². The quantitative estimate of drug-likeness (QED) is 0.692. The molecule has 0 saturated heterocycles. The lowest BCUT2D eigenvalue weighted by molar-refractivity contribution is -0.149. The van der Waals surface area contributed by atoms with Gasteiger partial charge in [0.2, 0.25) is 6.79 Å². The monoisotopic (exact) mass is 451 g/mol. The van der Waals surface area contributed by atoms with Crippen molar-refractivity contribution < 1.29 is 32.5 Å². The first-order valence-corrected chi connectivity index (χ1v) is 10.7. The first-order chi connectivity index (χ1) is 14.0. The highest BCUT2D eigenvalue weighted by Gasteiger charge is 2.44. The molecule has 4 rings (SSSR count). The minimum absolute atomic E-state index is 0.00789. The van der Waals surface area contributed by atoms with Crippen molar-refractivity contribution in [3.05, 3.63) is 52.7 Å². The highest BCUT2D eigenvalue weighted by Crippen LogP contribution is 2.46. The van der Waals surface area contributed by atoms with Crippen molar-refractivity contribution in [3.8, 4) is 11.5 Å². The molecule has 0 atom stereocenters. The molecule has 0 amide bonds. The number of halogens is 1. The predicted octanol–water partition coefficient (Wildman–Crippen LogP) is 3.85. The van der Waals surface area contributed by atoms with Gasteiger partial charge in [0.25, 0.3) is 10.0 Å². The van der Waals surface area contributed by atoms with Crippen LogP contribution in [0.5, 0.6) is 11.5 Å². The van der Waals surface area contributed by atoms with Gasteiger partial charge < -0.3 is 19.3 Å². The van der Waals surface area contributed by atoms with Gasteiger partial charge in [-0.25, -0.2) is 17.5 Å². The number of hydrogen-bond acceptors (Lipinski definition) is 7. The molecular weight excluding hydrogens is 434 g/mol. The highest BCUT2D eigenvalue weighted by molar-refractivity contribution is 7.93. The number of esters is 1. The largest absolute Gasteiger partial charge is 0.505 e. The van der Waals surface area contributed by atoms with E-state index in [0.717, 1.165) is 0 Å². The predicted molar refractivity (Wildman–Crippen MR) is 109 cm³/mol. The van der Waals surface area contributed by atoms with Gasteiger partial charge in [-0.2, -0.15) is 0 Å². The second kappa shape index (κ2) is 6.82. The van der Waals surface area contributed by atoms with Crippen molar-refractivity contribution in [1.82, 2.24) is 0 Å². The van der Waals surface area contributed by atoms with Crippen LogP contribution in [-0.2, 0) is 19.6 Å². The van der Waals surface area contributed by atoms with Crippen LogP contribution in [0.25, 0.3) is 5.76 Å². The number of fused-ring (bicyclic) bond motifs is 2. The summed E-state index contributed by atoms with van der Waals surface area (Å²) in [5.41, 5.74) is -1.59. The summed E-state index contributed by atoms with van der Waals surface area (Å²) in [6, 6.07) is 8.54. The zero-order valence-electron chi connectivity index (χ0n) is 16.3. The SMILES string of the molecule is CC(C)(C)OC(=O)C1=C(O)c2ccccc2S(=O)(=O)N1c1cc2c(cc1Cl)OCO2. The van der Waals surface area contributed by atoms with E-state index in [-0.39, 0.29) is 33.7 Å². The second-order valence-electron chi connectivity index (χ2n) is 7.62. The molecule has 0 bridgehead atoms. The molecule has 8 nitrogen and oxygen atoms in total. The summed E-state index contributed by atoms with van der Waals surface area (Å²) in [5, 5.41) is 10.9. The fourth-order valence-electron chi connectivity index (χ4n) is 3.15. The Morgan fingerprint density at radius 1 is 1.17 bits per heavy atom. The van der Waals surface area contributed by atoms with Crippen LogP contribution in [0.4, 0.5) is 5.69 Å². The Labute approximate surface area is 178 Å². The van der Waals surface area contributed by atoms with E-state index in [4.69, 9.17) is 25.8 Å². The lowest BCUT2D eigenvalue weighted by Crippen LogP contribution is -2.40. The molecule has 2 aliphatic heterocycles. The first-order valence-electron chi connectivity index (χ1n) is 8.91. The molecular formula is C20H18ClNO7S. The number of hydrogen-bond donors (Lipinski definition) is 1. The molecule has 0 aliphatic carbocycles. The molecule has 2 aromatic carbocycles. The zero-order chi connectivity index (χ0) is 21.8. The smallest absolute Gasteiger partial charge is 0.360 e. The van der Waals surface area contributed by atoms with E-state index in [1.807, 2.05) is 0 Å². The summed E-state index contributed by atoms with van der Waals surface area (Å²) >= 11 is 6.35. The van der Waals surface area contributed by atoms with Crippen LogP contribution in [-0.4, -0.2) is 31.9 Å². The van der Waals surface area contributed by atoms with E-state index in [1.165, 1.54) is 30.3 Å². The summed E-state index contributed by atoms with van der Waals surface area (Å²) in [4.78, 5) is 12.8. The molecule has 1 N–H and O–H groups in total. The van der Waals surface area contributed by atoms with Crippen molar-refractivity contribution in [1.29, 1.82) is 0 Å². The van der Waals surface area contributed by atoms with Crippen LogP contribution >= 0.6 is 11.6 Å². The molecule has 30 heavy (non-hydrogen) atoms. The number of aliphatic hydroxyl groups excluding tert-OH is 1. The number of benzene rings is 2. The van der Waals surface area contributed by atoms with Gasteiger partial charge in [-0.05, 0) is 32.9 Å². The number of nitrogens with zero attached hydrogens (tertiary/aromatic N) is 1. The van der Waals surface area contributed by atoms with Crippen LogP contribution in [0.15, 0.2) is 47.0 Å². The fourth-order valence-corrected chi connectivity index (χ4v) is 5.14. The zero-order valence-corrected chi connectivity index (χ0v) is 17.9. The normalized spacial score (nSPS) is 17.0. The van der Waals surface area contributed by atoms with E-state index in [0.29, 0.717) is 10.1 Å². The summed E-state index contributed by atoms with van der Waals surface area (Å²) in [6.07, 6.45) is 0. The Balaban J connectivity index is 2.00. The standard InChI is InChI=1S/C20H18ClNO7S/c1-20(2,3)29-19(24)17-18(23)11-6-4-5-7-16(11)30(25,26)22(17)13-9-15-14(8-12(13)21)27-10-28-15/h4-9,23H,10H2,1-3H3. The van der Waals surface area contributed by atoms with Gasteiger partial charge in [-0.15, -0.1) is 0 Å². The third-order valence-corrected chi connectivity index (χ3v) is 6.42. The Morgan fingerprint density at radius 2 is 1.80 bits per heavy atom. The van der Waals surface area contributed by atoms with E-state index in [2.05, 4.69) is 0 Å². The van der Waals surface area contributed by atoms with Gasteiger partial charge in [0.15, 0.2) is 23.0 Å². The average Bonchev–Trinajstić information content (AvgIpc) is 3.09. The average molecular weight is 452 g/mol. The van der Waals surface area contributed by atoms with Crippen molar-refractivity contribution in [2.24, 2.45) is 0 Å². The lowest BCUT2D eigenvalue weighted by Gasteiger charge is -2.33. The lowest BCUT2D eigenvalue weighted by atomic mass is 10.1. The van der Waals surface area contributed by atoms with Crippen molar-refractivity contribution in [3.63, 3.8) is 0 Å². The number of aliphatic hydroxyl groups is 1. The number of ether oxygens (including phenoxy) is 3. The first kappa shape index (κ1) is 20.4. The molecule has 0 saturated carbocycles. The topological polar surface area (TPSA) is 102 Å². The van der Waals surface area contributed by atoms with Crippen molar-refractivity contribution >= 4 is 39.0 Å². The van der Waals surface area contributed by atoms with Crippen molar-refractivity contribution in [2.75, 3.05) is 11.1 Å². The molecule has 0 fully saturated rings. The van der Waals surface area contributed by atoms with Crippen molar-refractivity contribution in [2.45, 2.75) is 31.3 Å². The summed E-state index contributed by atoms with van der Waals surface area (Å²) in [7, 11) is -4.32. The fraction of sp³-hybridized carbons (Fsp3) is 0.250. The van der Waals surface area contributed by atoms with Gasteiger partial charge in [0, 0.05) is 17.7 Å². The maximum Gasteiger partial charge on any atom is 0.360 e. The number of anilines is 1. The van der Waals surface area contributed by atoms with E-state index in [9.17, 15) is 18.3 Å². The molecule has 2 aliphatic rings. The number of carbonyl (C=O) groups excluding carboxylic acids is 1. The molecule has 0 radical (unpaired) electrons. The van der Waals surface area contributed by atoms with Crippen LogP contribution in [0.1, 0.15) is 26.3 Å². The maximum absolute atomic E-state index is 13.5. The molecule has 158 valence electrons. The third kappa shape index (κ3) is 3.23. The minimum atomic E-state index is -4.32. The molecule has 0 spiro atoms. The summed E-state index contributed by atoms with van der Waals surface area (Å²) in [6.45, 7) is 4.84. The van der Waals surface area contributed by atoms with Crippen LogP contribution in [0, 0.1) is 0 Å². The van der Waals surface area contributed by atoms with E-state index >= 15 is 0 Å². The van der Waals surface area contributed by atoms with E-state index in [1.54, 1.807) is 26.8 Å². The molecule has 2 aromatic rings. The number of rotatable bonds is 2. The Bertz CT molecular complexity index is 1200.